The van der Waals surface area contributed by atoms with Crippen molar-refractivity contribution in [2.75, 3.05) is 0 Å². The zero-order valence-corrected chi connectivity index (χ0v) is 9.37. The maximum absolute atomic E-state index is 3.15. The summed E-state index contributed by atoms with van der Waals surface area (Å²) in [7, 11) is 0. The molecule has 78 valence electrons. The summed E-state index contributed by atoms with van der Waals surface area (Å²) in [5, 5.41) is 0. The highest BCUT2D eigenvalue weighted by Crippen LogP contribution is 2.00. The Morgan fingerprint density at radius 2 is 1.93 bits per heavy atom. The molecule has 0 atom stereocenters. The monoisotopic (exact) mass is 198 g/mol. The Bertz CT molecular complexity index is 335. The van der Waals surface area contributed by atoms with Gasteiger partial charge in [-0.3, -0.25) is 0 Å². The number of unbranched alkanes of at least 4 members (excludes halogenated alkanes) is 3. The third kappa shape index (κ3) is 5.75. The van der Waals surface area contributed by atoms with Gasteiger partial charge in [-0.15, -0.1) is 0 Å². The maximum Gasteiger partial charge on any atom is 0.00922 e. The molecule has 0 saturated heterocycles. The van der Waals surface area contributed by atoms with Crippen LogP contribution in [0.3, 0.4) is 0 Å². The quantitative estimate of drug-likeness (QED) is 0.500. The first-order valence-electron chi connectivity index (χ1n) is 5.63. The first-order valence-corrected chi connectivity index (χ1v) is 5.63. The molecule has 0 aromatic heterocycles. The van der Waals surface area contributed by atoms with Crippen LogP contribution >= 0.6 is 0 Å². The number of allylic oxidation sites excluding steroid dienone is 1. The molecule has 0 nitrogen and oxygen atoms in total. The second kappa shape index (κ2) is 7.88. The van der Waals surface area contributed by atoms with E-state index in [9.17, 15) is 0 Å². The molecule has 1 rings (SSSR count). The zero-order chi connectivity index (χ0) is 10.8. The maximum atomic E-state index is 3.15. The van der Waals surface area contributed by atoms with E-state index in [1.165, 1.54) is 24.8 Å². The fourth-order valence-corrected chi connectivity index (χ4v) is 1.30. The first kappa shape index (κ1) is 11.6. The van der Waals surface area contributed by atoms with Crippen molar-refractivity contribution in [2.45, 2.75) is 32.6 Å². The van der Waals surface area contributed by atoms with E-state index in [-0.39, 0.29) is 0 Å². The smallest absolute Gasteiger partial charge is 0.00922 e. The molecule has 0 unspecified atom stereocenters. The lowest BCUT2D eigenvalue weighted by molar-refractivity contribution is 0.737. The van der Waals surface area contributed by atoms with Crippen LogP contribution in [-0.2, 0) is 0 Å². The highest BCUT2D eigenvalue weighted by molar-refractivity contribution is 5.52. The largest absolute Gasteiger partial charge is 0.0985 e. The SMILES string of the molecule is CCCCCC#CC=Cc1ccccc1. The molecule has 0 amide bonds. The molecule has 0 aliphatic heterocycles. The summed E-state index contributed by atoms with van der Waals surface area (Å²) in [6.07, 6.45) is 8.78. The molecular formula is C15H18. The van der Waals surface area contributed by atoms with Gasteiger partial charge in [0, 0.05) is 6.42 Å². The standard InChI is InChI=1S/C15H18/c1-2-3-4-5-6-7-9-12-15-13-10-8-11-14-15/h8-14H,2-5H2,1H3. The van der Waals surface area contributed by atoms with E-state index in [0.29, 0.717) is 0 Å². The predicted octanol–water partition coefficient (Wildman–Crippen LogP) is 4.28. The lowest BCUT2D eigenvalue weighted by Crippen LogP contribution is -1.70. The minimum absolute atomic E-state index is 1.02. The van der Waals surface area contributed by atoms with Crippen LogP contribution < -0.4 is 0 Å². The average molecular weight is 198 g/mol. The van der Waals surface area contributed by atoms with Crippen LogP contribution in [0.5, 0.6) is 0 Å². The van der Waals surface area contributed by atoms with Gasteiger partial charge in [0.25, 0.3) is 0 Å². The Balaban J connectivity index is 2.27. The van der Waals surface area contributed by atoms with E-state index in [0.717, 1.165) is 6.42 Å². The van der Waals surface area contributed by atoms with Crippen LogP contribution in [0.25, 0.3) is 6.08 Å². The predicted molar refractivity (Wildman–Crippen MR) is 67.4 cm³/mol. The Morgan fingerprint density at radius 3 is 2.67 bits per heavy atom. The van der Waals surface area contributed by atoms with Crippen LogP contribution in [0, 0.1) is 11.8 Å². The first-order chi connectivity index (χ1) is 7.43. The third-order valence-corrected chi connectivity index (χ3v) is 2.17. The number of hydrogen-bond donors (Lipinski definition) is 0. The fourth-order valence-electron chi connectivity index (χ4n) is 1.30. The molecule has 15 heavy (non-hydrogen) atoms. The summed E-state index contributed by atoms with van der Waals surface area (Å²) in [5.74, 6) is 6.22. The number of hydrogen-bond acceptors (Lipinski definition) is 0. The van der Waals surface area contributed by atoms with Gasteiger partial charge in [0.1, 0.15) is 0 Å². The zero-order valence-electron chi connectivity index (χ0n) is 9.37. The van der Waals surface area contributed by atoms with Crippen molar-refractivity contribution in [1.29, 1.82) is 0 Å². The van der Waals surface area contributed by atoms with Gasteiger partial charge in [-0.2, -0.15) is 0 Å². The Labute approximate surface area is 93.0 Å². The van der Waals surface area contributed by atoms with Crippen molar-refractivity contribution in [3.63, 3.8) is 0 Å². The van der Waals surface area contributed by atoms with Gasteiger partial charge in [-0.1, -0.05) is 61.9 Å². The third-order valence-electron chi connectivity index (χ3n) is 2.17. The Morgan fingerprint density at radius 1 is 1.13 bits per heavy atom. The molecular weight excluding hydrogens is 180 g/mol. The van der Waals surface area contributed by atoms with Gasteiger partial charge in [-0.25, -0.2) is 0 Å². The van der Waals surface area contributed by atoms with Crippen molar-refractivity contribution in [3.05, 3.63) is 42.0 Å². The summed E-state index contributed by atoms with van der Waals surface area (Å²) in [5.41, 5.74) is 1.21. The molecule has 0 bridgehead atoms. The lowest BCUT2D eigenvalue weighted by Gasteiger charge is -1.88. The lowest BCUT2D eigenvalue weighted by atomic mass is 10.2. The van der Waals surface area contributed by atoms with Gasteiger partial charge in [-0.05, 0) is 24.1 Å². The van der Waals surface area contributed by atoms with Gasteiger partial charge < -0.3 is 0 Å². The van der Waals surface area contributed by atoms with Gasteiger partial charge in [0.05, 0.1) is 0 Å². The molecule has 1 aromatic carbocycles. The molecule has 0 aliphatic carbocycles. The van der Waals surface area contributed by atoms with Crippen molar-refractivity contribution in [2.24, 2.45) is 0 Å². The topological polar surface area (TPSA) is 0 Å². The molecule has 0 heterocycles. The van der Waals surface area contributed by atoms with Crippen LogP contribution in [0.1, 0.15) is 38.2 Å². The summed E-state index contributed by atoms with van der Waals surface area (Å²) >= 11 is 0. The molecule has 0 aliphatic rings. The average Bonchev–Trinajstić information content (AvgIpc) is 2.29. The van der Waals surface area contributed by atoms with E-state index in [2.05, 4.69) is 30.9 Å². The van der Waals surface area contributed by atoms with Crippen molar-refractivity contribution < 1.29 is 0 Å². The van der Waals surface area contributed by atoms with Crippen molar-refractivity contribution in [3.8, 4) is 11.8 Å². The van der Waals surface area contributed by atoms with Crippen LogP contribution in [-0.4, -0.2) is 0 Å². The molecule has 0 radical (unpaired) electrons. The van der Waals surface area contributed by atoms with Crippen LogP contribution in [0.15, 0.2) is 36.4 Å². The Hall–Kier alpha value is -1.48. The normalized spacial score (nSPS) is 9.93. The summed E-state index contributed by atoms with van der Waals surface area (Å²) in [6, 6.07) is 10.3. The van der Waals surface area contributed by atoms with Crippen molar-refractivity contribution in [1.82, 2.24) is 0 Å². The van der Waals surface area contributed by atoms with Crippen molar-refractivity contribution >= 4 is 6.08 Å². The fraction of sp³-hybridized carbons (Fsp3) is 0.333. The van der Waals surface area contributed by atoms with Gasteiger partial charge >= 0.3 is 0 Å². The molecule has 0 spiro atoms. The minimum atomic E-state index is 1.02. The van der Waals surface area contributed by atoms with E-state index in [1.807, 2.05) is 30.4 Å². The Kier molecular flexibility index (Phi) is 6.09. The van der Waals surface area contributed by atoms with Crippen LogP contribution in [0.2, 0.25) is 0 Å². The van der Waals surface area contributed by atoms with E-state index < -0.39 is 0 Å². The summed E-state index contributed by atoms with van der Waals surface area (Å²) in [6.45, 7) is 2.21. The van der Waals surface area contributed by atoms with E-state index in [1.54, 1.807) is 0 Å². The minimum Gasteiger partial charge on any atom is -0.0985 e. The second-order valence-electron chi connectivity index (χ2n) is 3.52. The van der Waals surface area contributed by atoms with Crippen LogP contribution in [0.4, 0.5) is 0 Å². The highest BCUT2D eigenvalue weighted by Gasteiger charge is 1.81. The van der Waals surface area contributed by atoms with E-state index in [4.69, 9.17) is 0 Å². The van der Waals surface area contributed by atoms with Gasteiger partial charge in [0.15, 0.2) is 0 Å². The van der Waals surface area contributed by atoms with E-state index >= 15 is 0 Å². The summed E-state index contributed by atoms with van der Waals surface area (Å²) in [4.78, 5) is 0. The number of rotatable bonds is 4. The molecule has 0 saturated carbocycles. The van der Waals surface area contributed by atoms with Gasteiger partial charge in [0.2, 0.25) is 0 Å². The molecule has 0 heteroatoms. The summed E-state index contributed by atoms with van der Waals surface area (Å²) < 4.78 is 0. The molecule has 0 fully saturated rings. The number of benzene rings is 1. The highest BCUT2D eigenvalue weighted by atomic mass is 13.9. The molecule has 1 aromatic rings. The second-order valence-corrected chi connectivity index (χ2v) is 3.52. The molecule has 0 N–H and O–H groups in total.